The molecule has 1 heterocycles. The van der Waals surface area contributed by atoms with Crippen LogP contribution in [0.2, 0.25) is 5.02 Å². The fourth-order valence-electron chi connectivity index (χ4n) is 2.58. The number of aromatic nitrogens is 2. The first-order valence-corrected chi connectivity index (χ1v) is 9.29. The van der Waals surface area contributed by atoms with Gasteiger partial charge in [0.2, 0.25) is 11.6 Å². The molecule has 2 aromatic carbocycles. The normalized spacial score (nSPS) is 10.1. The molecule has 0 saturated heterocycles. The molecule has 1 aromatic heterocycles. The number of nitrogens with one attached hydrogen (secondary N) is 4. The lowest BCUT2D eigenvalue weighted by atomic mass is 10.2. The van der Waals surface area contributed by atoms with Gasteiger partial charge in [-0.1, -0.05) is 35.9 Å². The summed E-state index contributed by atoms with van der Waals surface area (Å²) in [6.45, 7) is 0. The smallest absolute Gasteiger partial charge is 0.356 e. The number of amides is 2. The van der Waals surface area contributed by atoms with Gasteiger partial charge in [-0.25, -0.2) is 9.97 Å². The minimum absolute atomic E-state index is 0.154. The van der Waals surface area contributed by atoms with Crippen LogP contribution in [0.5, 0.6) is 5.75 Å². The minimum Gasteiger partial charge on any atom is -0.496 e. The topological polar surface area (TPSA) is 160 Å². The monoisotopic (exact) mass is 457 g/mol. The fraction of sp³-hybridized carbons (Fsp3) is 0.0526. The Balaban J connectivity index is 1.76. The molecule has 0 atom stereocenters. The van der Waals surface area contributed by atoms with Crippen molar-refractivity contribution in [2.45, 2.75) is 0 Å². The SMILES string of the molecule is COc1ccccc1C(=O)NNc1ncnc(NNC(=O)c2ccccc2Cl)c1[N+](=O)[O-]. The van der Waals surface area contributed by atoms with Crippen LogP contribution in [0.3, 0.4) is 0 Å². The number of halogens is 1. The van der Waals surface area contributed by atoms with Crippen molar-refractivity contribution in [1.82, 2.24) is 20.8 Å². The largest absolute Gasteiger partial charge is 0.496 e. The van der Waals surface area contributed by atoms with Gasteiger partial charge in [0.25, 0.3) is 11.8 Å². The summed E-state index contributed by atoms with van der Waals surface area (Å²) in [5.41, 5.74) is 9.10. The van der Waals surface area contributed by atoms with E-state index in [0.717, 1.165) is 6.33 Å². The zero-order valence-electron chi connectivity index (χ0n) is 16.5. The number of nitrogens with zero attached hydrogens (tertiary/aromatic N) is 3. The Kier molecular flexibility index (Phi) is 6.98. The molecule has 0 fully saturated rings. The average molecular weight is 458 g/mol. The van der Waals surface area contributed by atoms with Crippen LogP contribution in [0.1, 0.15) is 20.7 Å². The van der Waals surface area contributed by atoms with Crippen LogP contribution in [0, 0.1) is 10.1 Å². The maximum Gasteiger partial charge on any atom is 0.356 e. The highest BCUT2D eigenvalue weighted by Gasteiger charge is 2.24. The Labute approximate surface area is 186 Å². The van der Waals surface area contributed by atoms with Gasteiger partial charge in [0.1, 0.15) is 12.1 Å². The first kappa shape index (κ1) is 22.2. The maximum atomic E-state index is 12.4. The maximum absolute atomic E-state index is 12.4. The number of methoxy groups -OCH3 is 1. The van der Waals surface area contributed by atoms with Crippen molar-refractivity contribution in [3.8, 4) is 5.75 Å². The van der Waals surface area contributed by atoms with Gasteiger partial charge in [0.05, 0.1) is 28.2 Å². The first-order valence-electron chi connectivity index (χ1n) is 8.92. The lowest BCUT2D eigenvalue weighted by molar-refractivity contribution is -0.383. The molecular weight excluding hydrogens is 442 g/mol. The molecule has 32 heavy (non-hydrogen) atoms. The number of hydrogen-bond donors (Lipinski definition) is 4. The van der Waals surface area contributed by atoms with Crippen molar-refractivity contribution in [3.05, 3.63) is 81.1 Å². The zero-order chi connectivity index (χ0) is 23.1. The Bertz CT molecular complexity index is 1170. The van der Waals surface area contributed by atoms with E-state index in [-0.39, 0.29) is 27.8 Å². The molecule has 0 aliphatic rings. The second-order valence-electron chi connectivity index (χ2n) is 6.01. The van der Waals surface area contributed by atoms with E-state index in [2.05, 4.69) is 31.7 Å². The number of hydrazine groups is 2. The molecule has 2 amide bonds. The Hall–Kier alpha value is -4.45. The molecule has 0 bridgehead atoms. The van der Waals surface area contributed by atoms with Crippen LogP contribution < -0.4 is 26.4 Å². The second-order valence-corrected chi connectivity index (χ2v) is 6.42. The van der Waals surface area contributed by atoms with Crippen LogP contribution in [0.15, 0.2) is 54.9 Å². The van der Waals surface area contributed by atoms with Crippen molar-refractivity contribution in [3.63, 3.8) is 0 Å². The molecule has 0 aliphatic heterocycles. The lowest BCUT2D eigenvalue weighted by Gasteiger charge is -2.12. The van der Waals surface area contributed by atoms with Crippen molar-refractivity contribution in [2.24, 2.45) is 0 Å². The molecule has 3 aromatic rings. The summed E-state index contributed by atoms with van der Waals surface area (Å²) >= 11 is 5.97. The zero-order valence-corrected chi connectivity index (χ0v) is 17.2. The molecule has 12 nitrogen and oxygen atoms in total. The summed E-state index contributed by atoms with van der Waals surface area (Å²) in [6.07, 6.45) is 1.01. The second kappa shape index (κ2) is 10.0. The molecule has 4 N–H and O–H groups in total. The summed E-state index contributed by atoms with van der Waals surface area (Å²) in [6, 6.07) is 12.7. The average Bonchev–Trinajstić information content (AvgIpc) is 2.80. The molecule has 0 spiro atoms. The van der Waals surface area contributed by atoms with Gasteiger partial charge in [-0.05, 0) is 24.3 Å². The van der Waals surface area contributed by atoms with Crippen LogP contribution in [0.4, 0.5) is 17.3 Å². The Morgan fingerprint density at radius 3 is 2.03 bits per heavy atom. The van der Waals surface area contributed by atoms with E-state index in [4.69, 9.17) is 16.3 Å². The number of anilines is 2. The Morgan fingerprint density at radius 2 is 1.47 bits per heavy atom. The molecule has 164 valence electrons. The standard InChI is InChI=1S/C19H16ClN7O5/c1-32-14-9-5-3-7-12(14)19(29)26-24-17-15(27(30)31)16(21-10-22-17)23-25-18(28)11-6-2-4-8-13(11)20/h2-10H,1H3,(H,25,28)(H,26,29)(H2,21,22,23,24). The molecule has 0 radical (unpaired) electrons. The van der Waals surface area contributed by atoms with Crippen molar-refractivity contribution < 1.29 is 19.2 Å². The van der Waals surface area contributed by atoms with E-state index in [0.29, 0.717) is 5.75 Å². The molecule has 3 rings (SSSR count). The highest BCUT2D eigenvalue weighted by molar-refractivity contribution is 6.33. The number of carbonyl (C=O) groups excluding carboxylic acids is 2. The van der Waals surface area contributed by atoms with E-state index in [1.54, 1.807) is 30.3 Å². The number of nitro groups is 1. The van der Waals surface area contributed by atoms with Crippen LogP contribution in [0.25, 0.3) is 0 Å². The summed E-state index contributed by atoms with van der Waals surface area (Å²) in [5, 5.41) is 11.8. The van der Waals surface area contributed by atoms with E-state index < -0.39 is 22.4 Å². The number of carbonyl (C=O) groups is 2. The number of ether oxygens (including phenoxy) is 1. The third kappa shape index (κ3) is 4.99. The van der Waals surface area contributed by atoms with Gasteiger partial charge >= 0.3 is 5.69 Å². The predicted octanol–water partition coefficient (Wildman–Crippen LogP) is 2.56. The molecule has 0 aliphatic carbocycles. The van der Waals surface area contributed by atoms with Crippen molar-refractivity contribution in [2.75, 3.05) is 18.0 Å². The van der Waals surface area contributed by atoms with Crippen molar-refractivity contribution in [1.29, 1.82) is 0 Å². The number of para-hydroxylation sites is 1. The summed E-state index contributed by atoms with van der Waals surface area (Å²) in [7, 11) is 1.41. The van der Waals surface area contributed by atoms with Crippen molar-refractivity contribution >= 4 is 40.7 Å². The first-order chi connectivity index (χ1) is 15.4. The van der Waals surface area contributed by atoms with E-state index in [1.807, 2.05) is 0 Å². The molecule has 13 heteroatoms. The Morgan fingerprint density at radius 1 is 0.938 bits per heavy atom. The molecular formula is C19H16ClN7O5. The van der Waals surface area contributed by atoms with Gasteiger partial charge in [0.15, 0.2) is 0 Å². The van der Waals surface area contributed by atoms with Gasteiger partial charge in [-0.3, -0.25) is 41.4 Å². The molecule has 0 saturated carbocycles. The summed E-state index contributed by atoms with van der Waals surface area (Å²) in [4.78, 5) is 43.1. The highest BCUT2D eigenvalue weighted by atomic mass is 35.5. The number of benzene rings is 2. The van der Waals surface area contributed by atoms with Gasteiger partial charge < -0.3 is 4.74 Å². The van der Waals surface area contributed by atoms with E-state index >= 15 is 0 Å². The number of rotatable bonds is 8. The fourth-order valence-corrected chi connectivity index (χ4v) is 2.80. The van der Waals surface area contributed by atoms with Gasteiger partial charge in [-0.2, -0.15) is 0 Å². The molecule has 0 unspecified atom stereocenters. The van der Waals surface area contributed by atoms with E-state index in [1.165, 1.54) is 25.3 Å². The predicted molar refractivity (Wildman–Crippen MR) is 115 cm³/mol. The highest BCUT2D eigenvalue weighted by Crippen LogP contribution is 2.28. The lowest BCUT2D eigenvalue weighted by Crippen LogP contribution is -2.32. The van der Waals surface area contributed by atoms with Crippen LogP contribution in [-0.2, 0) is 0 Å². The third-order valence-corrected chi connectivity index (χ3v) is 4.39. The summed E-state index contributed by atoms with van der Waals surface area (Å²) < 4.78 is 5.12. The summed E-state index contributed by atoms with van der Waals surface area (Å²) in [5.74, 6) is -1.57. The van der Waals surface area contributed by atoms with Gasteiger partial charge in [0, 0.05) is 0 Å². The third-order valence-electron chi connectivity index (χ3n) is 4.06. The number of hydrogen-bond acceptors (Lipinski definition) is 9. The van der Waals surface area contributed by atoms with Gasteiger partial charge in [-0.15, -0.1) is 0 Å². The minimum atomic E-state index is -0.776. The van der Waals surface area contributed by atoms with Crippen LogP contribution >= 0.6 is 11.6 Å². The van der Waals surface area contributed by atoms with E-state index in [9.17, 15) is 19.7 Å². The van der Waals surface area contributed by atoms with Crippen LogP contribution in [-0.4, -0.2) is 33.8 Å². The quantitative estimate of drug-likeness (QED) is 0.294.